The topological polar surface area (TPSA) is 0 Å². The van der Waals surface area contributed by atoms with Gasteiger partial charge in [0.05, 0.1) is 0 Å². The van der Waals surface area contributed by atoms with Crippen LogP contribution in [0.4, 0.5) is 0 Å². The summed E-state index contributed by atoms with van der Waals surface area (Å²) in [5.41, 5.74) is 1.12. The van der Waals surface area contributed by atoms with E-state index in [0.717, 1.165) is 11.8 Å². The number of benzene rings is 1. The van der Waals surface area contributed by atoms with E-state index in [1.165, 1.54) is 12.8 Å². The number of halogens is 2. The Morgan fingerprint density at radius 3 is 2.31 bits per heavy atom. The molecular weight excluding hydrogens is 202 g/mol. The van der Waals surface area contributed by atoms with Gasteiger partial charge in [-0.1, -0.05) is 54.8 Å². The highest BCUT2D eigenvalue weighted by molar-refractivity contribution is 6.54. The maximum absolute atomic E-state index is 5.86. The zero-order chi connectivity index (χ0) is 9.68. The van der Waals surface area contributed by atoms with E-state index in [0.29, 0.717) is 10.0 Å². The molecule has 0 saturated carbocycles. The summed E-state index contributed by atoms with van der Waals surface area (Å²) in [7, 11) is 2.17. The average Bonchev–Trinajstić information content (AvgIpc) is 2.03. The van der Waals surface area contributed by atoms with Crippen LogP contribution in [0.15, 0.2) is 18.2 Å². The van der Waals surface area contributed by atoms with Gasteiger partial charge in [-0.15, -0.1) is 0 Å². The van der Waals surface area contributed by atoms with Crippen molar-refractivity contribution in [2.75, 3.05) is 0 Å². The van der Waals surface area contributed by atoms with Crippen LogP contribution in [-0.4, -0.2) is 7.28 Å². The molecule has 1 aromatic rings. The minimum Gasteiger partial charge on any atom is -0.0849 e. The Kier molecular flexibility index (Phi) is 4.68. The molecule has 0 aliphatic rings. The van der Waals surface area contributed by atoms with E-state index in [9.17, 15) is 0 Å². The van der Waals surface area contributed by atoms with Gasteiger partial charge in [-0.25, -0.2) is 0 Å². The van der Waals surface area contributed by atoms with E-state index in [-0.39, 0.29) is 0 Å². The molecule has 0 N–H and O–H groups in total. The highest BCUT2D eigenvalue weighted by atomic mass is 35.5. The van der Waals surface area contributed by atoms with E-state index < -0.39 is 0 Å². The Bertz CT molecular complexity index is 253. The molecule has 0 unspecified atom stereocenters. The van der Waals surface area contributed by atoms with Crippen molar-refractivity contribution in [3.05, 3.63) is 28.2 Å². The molecule has 0 atom stereocenters. The molecule has 3 heteroatoms. The molecule has 13 heavy (non-hydrogen) atoms. The van der Waals surface area contributed by atoms with Crippen LogP contribution in [0.3, 0.4) is 0 Å². The first-order chi connectivity index (χ1) is 6.22. The van der Waals surface area contributed by atoms with E-state index in [4.69, 9.17) is 23.2 Å². The summed E-state index contributed by atoms with van der Waals surface area (Å²) in [6.07, 6.45) is 3.52. The lowest BCUT2D eigenvalue weighted by atomic mass is 9.66. The molecule has 1 radical (unpaired) electrons. The summed E-state index contributed by atoms with van der Waals surface area (Å²) >= 11 is 11.7. The van der Waals surface area contributed by atoms with Gasteiger partial charge in [-0.3, -0.25) is 0 Å². The summed E-state index contributed by atoms with van der Waals surface area (Å²) in [4.78, 5) is 0. The predicted molar refractivity (Wildman–Crippen MR) is 61.6 cm³/mol. The molecule has 1 rings (SSSR count). The van der Waals surface area contributed by atoms with Gasteiger partial charge in [0, 0.05) is 10.0 Å². The lowest BCUT2D eigenvalue weighted by Gasteiger charge is -2.00. The number of rotatable bonds is 4. The molecular formula is C10H12BCl2. The molecule has 0 amide bonds. The van der Waals surface area contributed by atoms with Crippen molar-refractivity contribution in [3.63, 3.8) is 0 Å². The second kappa shape index (κ2) is 5.56. The fourth-order valence-corrected chi connectivity index (χ4v) is 1.71. The van der Waals surface area contributed by atoms with Crippen LogP contribution in [0.1, 0.15) is 19.8 Å². The van der Waals surface area contributed by atoms with Gasteiger partial charge in [0.25, 0.3) is 0 Å². The third-order valence-electron chi connectivity index (χ3n) is 1.82. The standard InChI is InChI=1S/C10H12BCl2/c1-2-3-4-11-8-5-9(12)7-10(13)6-8/h5-7H,2-4H2,1H3. The average molecular weight is 214 g/mol. The Labute approximate surface area is 90.5 Å². The normalized spacial score (nSPS) is 10.1. The van der Waals surface area contributed by atoms with Gasteiger partial charge in [0.2, 0.25) is 0 Å². The van der Waals surface area contributed by atoms with Crippen LogP contribution in [-0.2, 0) is 0 Å². The van der Waals surface area contributed by atoms with E-state index >= 15 is 0 Å². The van der Waals surface area contributed by atoms with E-state index in [1.54, 1.807) is 6.07 Å². The van der Waals surface area contributed by atoms with Gasteiger partial charge in [-0.05, 0) is 18.2 Å². The van der Waals surface area contributed by atoms with E-state index in [1.807, 2.05) is 12.1 Å². The van der Waals surface area contributed by atoms with E-state index in [2.05, 4.69) is 14.2 Å². The molecule has 0 saturated heterocycles. The van der Waals surface area contributed by atoms with Crippen molar-refractivity contribution in [1.82, 2.24) is 0 Å². The van der Waals surface area contributed by atoms with Crippen molar-refractivity contribution >= 4 is 35.9 Å². The largest absolute Gasteiger partial charge is 0.151 e. The van der Waals surface area contributed by atoms with Gasteiger partial charge >= 0.3 is 0 Å². The number of hydrogen-bond donors (Lipinski definition) is 0. The van der Waals surface area contributed by atoms with Crippen LogP contribution in [0.25, 0.3) is 0 Å². The molecule has 69 valence electrons. The lowest BCUT2D eigenvalue weighted by molar-refractivity contribution is 0.881. The predicted octanol–water partition coefficient (Wildman–Crippen LogP) is 3.54. The quantitative estimate of drug-likeness (QED) is 0.531. The van der Waals surface area contributed by atoms with Crippen LogP contribution in [0.2, 0.25) is 16.4 Å². The first-order valence-corrected chi connectivity index (χ1v) is 5.27. The Morgan fingerprint density at radius 1 is 1.15 bits per heavy atom. The zero-order valence-corrected chi connectivity index (χ0v) is 9.20. The summed E-state index contributed by atoms with van der Waals surface area (Å²) in [5.74, 6) is 0. The van der Waals surface area contributed by atoms with Crippen molar-refractivity contribution in [2.24, 2.45) is 0 Å². The van der Waals surface area contributed by atoms with Crippen molar-refractivity contribution in [1.29, 1.82) is 0 Å². The molecule has 1 aromatic carbocycles. The molecule has 0 aliphatic carbocycles. The summed E-state index contributed by atoms with van der Waals surface area (Å²) < 4.78 is 0. The third kappa shape index (κ3) is 4.06. The molecule has 0 heterocycles. The fourth-order valence-electron chi connectivity index (χ4n) is 1.17. The third-order valence-corrected chi connectivity index (χ3v) is 2.26. The monoisotopic (exact) mass is 213 g/mol. The SMILES string of the molecule is CCCC[B]c1cc(Cl)cc(Cl)c1. The first-order valence-electron chi connectivity index (χ1n) is 4.51. The second-order valence-corrected chi connectivity index (χ2v) is 3.92. The summed E-state index contributed by atoms with van der Waals surface area (Å²) in [6.45, 7) is 2.18. The molecule has 0 nitrogen and oxygen atoms in total. The maximum atomic E-state index is 5.86. The molecule has 0 fully saturated rings. The van der Waals surface area contributed by atoms with Crippen LogP contribution in [0.5, 0.6) is 0 Å². The van der Waals surface area contributed by atoms with Gasteiger partial charge in [0.15, 0.2) is 7.28 Å². The van der Waals surface area contributed by atoms with Crippen LogP contribution >= 0.6 is 23.2 Å². The highest BCUT2D eigenvalue weighted by Crippen LogP contribution is 2.13. The molecule has 0 bridgehead atoms. The molecule has 0 spiro atoms. The van der Waals surface area contributed by atoms with Crippen LogP contribution < -0.4 is 5.46 Å². The van der Waals surface area contributed by atoms with Crippen LogP contribution in [0, 0.1) is 0 Å². The Hall–Kier alpha value is -0.135. The number of unbranched alkanes of at least 4 members (excludes halogenated alkanes) is 1. The lowest BCUT2D eigenvalue weighted by Crippen LogP contribution is -2.13. The minimum absolute atomic E-state index is 0.704. The Balaban J connectivity index is 2.56. The molecule has 0 aromatic heterocycles. The fraction of sp³-hybridized carbons (Fsp3) is 0.400. The van der Waals surface area contributed by atoms with Gasteiger partial charge in [-0.2, -0.15) is 0 Å². The Morgan fingerprint density at radius 2 is 1.77 bits per heavy atom. The zero-order valence-electron chi connectivity index (χ0n) is 7.69. The van der Waals surface area contributed by atoms with Crippen molar-refractivity contribution < 1.29 is 0 Å². The summed E-state index contributed by atoms with van der Waals surface area (Å²) in [6, 6.07) is 5.62. The number of hydrogen-bond acceptors (Lipinski definition) is 0. The van der Waals surface area contributed by atoms with Crippen molar-refractivity contribution in [2.45, 2.75) is 26.1 Å². The first kappa shape index (κ1) is 10.9. The highest BCUT2D eigenvalue weighted by Gasteiger charge is 1.99. The van der Waals surface area contributed by atoms with Crippen molar-refractivity contribution in [3.8, 4) is 0 Å². The summed E-state index contributed by atoms with van der Waals surface area (Å²) in [5, 5.41) is 1.41. The second-order valence-electron chi connectivity index (χ2n) is 3.05. The maximum Gasteiger partial charge on any atom is 0.151 e. The molecule has 0 aliphatic heterocycles. The van der Waals surface area contributed by atoms with Gasteiger partial charge in [0.1, 0.15) is 0 Å². The minimum atomic E-state index is 0.704. The smallest absolute Gasteiger partial charge is 0.0849 e. The van der Waals surface area contributed by atoms with Gasteiger partial charge < -0.3 is 0 Å².